The molecule has 0 spiro atoms. The first-order valence-corrected chi connectivity index (χ1v) is 3.51. The van der Waals surface area contributed by atoms with Crippen LogP contribution in [0.4, 0.5) is 13.2 Å². The fourth-order valence-corrected chi connectivity index (χ4v) is 1.27. The first kappa shape index (κ1) is 9.65. The third kappa shape index (κ3) is 1.52. The lowest BCUT2D eigenvalue weighted by atomic mass is 10.2. The van der Waals surface area contributed by atoms with Crippen LogP contribution in [0.2, 0.25) is 0 Å². The highest BCUT2D eigenvalue weighted by molar-refractivity contribution is 5.42. The Morgan fingerprint density at radius 3 is 2.31 bits per heavy atom. The van der Waals surface area contributed by atoms with Gasteiger partial charge in [0.15, 0.2) is 0 Å². The van der Waals surface area contributed by atoms with Gasteiger partial charge in [0.05, 0.1) is 5.56 Å². The monoisotopic (exact) mass is 188 g/mol. The van der Waals surface area contributed by atoms with Crippen LogP contribution in [-0.2, 0) is 13.2 Å². The van der Waals surface area contributed by atoms with Crippen LogP contribution in [0, 0.1) is 18.3 Å². The molecule has 0 radical (unpaired) electrons. The Morgan fingerprint density at radius 2 is 2.00 bits per heavy atom. The molecule has 0 fully saturated rings. The van der Waals surface area contributed by atoms with Crippen molar-refractivity contribution in [2.24, 2.45) is 7.05 Å². The Balaban J connectivity index is 3.45. The highest BCUT2D eigenvalue weighted by atomic mass is 19.4. The summed E-state index contributed by atoms with van der Waals surface area (Å²) in [6, 6.07) is 1.55. The summed E-state index contributed by atoms with van der Waals surface area (Å²) in [7, 11) is 1.27. The number of alkyl halides is 3. The largest absolute Gasteiger partial charge is 0.432 e. The number of halogens is 3. The molecule has 0 aliphatic rings. The van der Waals surface area contributed by atoms with E-state index in [-0.39, 0.29) is 5.56 Å². The number of rotatable bonds is 0. The zero-order chi connectivity index (χ0) is 10.2. The van der Waals surface area contributed by atoms with Crippen molar-refractivity contribution in [3.8, 4) is 6.07 Å². The van der Waals surface area contributed by atoms with Gasteiger partial charge >= 0.3 is 6.18 Å². The van der Waals surface area contributed by atoms with Crippen LogP contribution in [0.5, 0.6) is 0 Å². The second-order valence-electron chi connectivity index (χ2n) is 2.76. The van der Waals surface area contributed by atoms with Gasteiger partial charge in [0.25, 0.3) is 0 Å². The van der Waals surface area contributed by atoms with E-state index in [4.69, 9.17) is 5.26 Å². The summed E-state index contributed by atoms with van der Waals surface area (Å²) in [5, 5.41) is 8.51. The molecule has 0 N–H and O–H groups in total. The molecule has 0 aliphatic carbocycles. The molecule has 2 nitrogen and oxygen atoms in total. The van der Waals surface area contributed by atoms with E-state index < -0.39 is 11.9 Å². The lowest BCUT2D eigenvalue weighted by Crippen LogP contribution is -2.12. The lowest BCUT2D eigenvalue weighted by Gasteiger charge is -2.07. The summed E-state index contributed by atoms with van der Waals surface area (Å²) in [5.41, 5.74) is -0.833. The molecule has 1 rings (SSSR count). The highest BCUT2D eigenvalue weighted by Crippen LogP contribution is 2.33. The summed E-state index contributed by atoms with van der Waals surface area (Å²) in [6.45, 7) is 1.48. The van der Waals surface area contributed by atoms with Gasteiger partial charge in [0.2, 0.25) is 0 Å². The number of aryl methyl sites for hydroxylation is 2. The molecule has 0 unspecified atom stereocenters. The van der Waals surface area contributed by atoms with Crippen molar-refractivity contribution >= 4 is 0 Å². The first-order chi connectivity index (χ1) is 5.88. The molecule has 0 aromatic carbocycles. The van der Waals surface area contributed by atoms with E-state index in [9.17, 15) is 13.2 Å². The first-order valence-electron chi connectivity index (χ1n) is 3.51. The normalized spacial score (nSPS) is 11.4. The maximum atomic E-state index is 12.3. The maximum Gasteiger partial charge on any atom is 0.432 e. The van der Waals surface area contributed by atoms with Crippen LogP contribution in [0.15, 0.2) is 6.20 Å². The van der Waals surface area contributed by atoms with Crippen LogP contribution in [0.3, 0.4) is 0 Å². The lowest BCUT2D eigenvalue weighted by molar-refractivity contribution is -0.143. The van der Waals surface area contributed by atoms with Crippen LogP contribution in [0.25, 0.3) is 0 Å². The van der Waals surface area contributed by atoms with Crippen molar-refractivity contribution in [1.82, 2.24) is 4.57 Å². The number of nitrogens with zero attached hydrogens (tertiary/aromatic N) is 2. The number of hydrogen-bond acceptors (Lipinski definition) is 1. The van der Waals surface area contributed by atoms with Crippen molar-refractivity contribution in [3.05, 3.63) is 23.0 Å². The Kier molecular flexibility index (Phi) is 2.08. The standard InChI is InChI=1S/C8H7F3N2/c1-5-4-13(2)7(6(5)3-12)8(9,10)11/h4H,1-2H3. The van der Waals surface area contributed by atoms with E-state index in [2.05, 4.69) is 0 Å². The van der Waals surface area contributed by atoms with Crippen LogP contribution >= 0.6 is 0 Å². The topological polar surface area (TPSA) is 28.7 Å². The molecule has 0 amide bonds. The molecular weight excluding hydrogens is 181 g/mol. The second-order valence-corrected chi connectivity index (χ2v) is 2.76. The van der Waals surface area contributed by atoms with Gasteiger partial charge in [-0.25, -0.2) is 0 Å². The zero-order valence-electron chi connectivity index (χ0n) is 7.11. The van der Waals surface area contributed by atoms with Gasteiger partial charge in [0.1, 0.15) is 11.8 Å². The van der Waals surface area contributed by atoms with E-state index in [0.717, 1.165) is 4.57 Å². The molecule has 0 saturated carbocycles. The third-order valence-corrected chi connectivity index (χ3v) is 1.75. The van der Waals surface area contributed by atoms with Gasteiger partial charge in [0, 0.05) is 13.2 Å². The minimum absolute atomic E-state index is 0.296. The minimum Gasteiger partial charge on any atom is -0.346 e. The second kappa shape index (κ2) is 2.80. The van der Waals surface area contributed by atoms with E-state index >= 15 is 0 Å². The molecule has 0 saturated heterocycles. The molecule has 0 atom stereocenters. The predicted molar refractivity (Wildman–Crippen MR) is 39.9 cm³/mol. The van der Waals surface area contributed by atoms with Gasteiger partial charge in [-0.2, -0.15) is 18.4 Å². The van der Waals surface area contributed by atoms with Gasteiger partial charge in [-0.1, -0.05) is 0 Å². The molecule has 1 aromatic heterocycles. The van der Waals surface area contributed by atoms with E-state index in [1.165, 1.54) is 20.2 Å². The highest BCUT2D eigenvalue weighted by Gasteiger charge is 2.37. The number of nitriles is 1. The number of hydrogen-bond donors (Lipinski definition) is 0. The Bertz CT molecular complexity index is 368. The average Bonchev–Trinajstić information content (AvgIpc) is 2.23. The quantitative estimate of drug-likeness (QED) is 0.613. The summed E-state index contributed by atoms with van der Waals surface area (Å²) >= 11 is 0. The molecule has 0 bridgehead atoms. The SMILES string of the molecule is Cc1cn(C)c(C(F)(F)F)c1C#N. The Hall–Kier alpha value is -1.44. The fourth-order valence-electron chi connectivity index (χ4n) is 1.27. The summed E-state index contributed by atoms with van der Waals surface area (Å²) in [6.07, 6.45) is -3.17. The smallest absolute Gasteiger partial charge is 0.346 e. The Morgan fingerprint density at radius 1 is 1.46 bits per heavy atom. The van der Waals surface area contributed by atoms with Crippen LogP contribution < -0.4 is 0 Å². The minimum atomic E-state index is -4.46. The molecule has 13 heavy (non-hydrogen) atoms. The summed E-state index contributed by atoms with van der Waals surface area (Å²) < 4.78 is 37.9. The molecule has 0 aliphatic heterocycles. The molecule has 1 heterocycles. The van der Waals surface area contributed by atoms with E-state index in [1.807, 2.05) is 0 Å². The molecule has 1 aromatic rings. The third-order valence-electron chi connectivity index (χ3n) is 1.75. The van der Waals surface area contributed by atoms with Gasteiger partial charge < -0.3 is 4.57 Å². The van der Waals surface area contributed by atoms with Crippen LogP contribution in [0.1, 0.15) is 16.8 Å². The Labute approximate surface area is 73.2 Å². The van der Waals surface area contributed by atoms with E-state index in [0.29, 0.717) is 5.56 Å². The van der Waals surface area contributed by atoms with Crippen molar-refractivity contribution < 1.29 is 13.2 Å². The van der Waals surface area contributed by atoms with Gasteiger partial charge in [-0.05, 0) is 12.5 Å². The summed E-state index contributed by atoms with van der Waals surface area (Å²) in [4.78, 5) is 0. The van der Waals surface area contributed by atoms with Crippen molar-refractivity contribution in [2.75, 3.05) is 0 Å². The molecule has 70 valence electrons. The molecule has 5 heteroatoms. The zero-order valence-corrected chi connectivity index (χ0v) is 7.11. The summed E-state index contributed by atoms with van der Waals surface area (Å²) in [5.74, 6) is 0. The van der Waals surface area contributed by atoms with Crippen molar-refractivity contribution in [2.45, 2.75) is 13.1 Å². The van der Waals surface area contributed by atoms with Gasteiger partial charge in [-0.15, -0.1) is 0 Å². The van der Waals surface area contributed by atoms with Crippen LogP contribution in [-0.4, -0.2) is 4.57 Å². The molecular formula is C8H7F3N2. The van der Waals surface area contributed by atoms with Crippen molar-refractivity contribution in [3.63, 3.8) is 0 Å². The van der Waals surface area contributed by atoms with Crippen molar-refractivity contribution in [1.29, 1.82) is 5.26 Å². The maximum absolute atomic E-state index is 12.3. The fraction of sp³-hybridized carbons (Fsp3) is 0.375. The predicted octanol–water partition coefficient (Wildman–Crippen LogP) is 2.22. The average molecular weight is 188 g/mol. The number of aromatic nitrogens is 1. The van der Waals surface area contributed by atoms with Gasteiger partial charge in [-0.3, -0.25) is 0 Å². The van der Waals surface area contributed by atoms with E-state index in [1.54, 1.807) is 6.07 Å².